The normalized spacial score (nSPS) is 11.9. The number of anilines is 1. The van der Waals surface area contributed by atoms with E-state index < -0.39 is 0 Å². The van der Waals surface area contributed by atoms with Crippen LogP contribution in [0.4, 0.5) is 5.69 Å². The molecule has 98 valence electrons. The Bertz CT molecular complexity index is 411. The topological polar surface area (TPSA) is 98.2 Å². The lowest BCUT2D eigenvalue weighted by Gasteiger charge is -2.12. The van der Waals surface area contributed by atoms with Crippen LogP contribution in [-0.2, 0) is 16.0 Å². The first-order chi connectivity index (χ1) is 8.56. The molecule has 0 heterocycles. The van der Waals surface area contributed by atoms with Gasteiger partial charge in [0.1, 0.15) is 0 Å². The zero-order chi connectivity index (χ0) is 13.5. The fourth-order valence-electron chi connectivity index (χ4n) is 1.61. The molecule has 5 heteroatoms. The zero-order valence-corrected chi connectivity index (χ0v) is 10.5. The molecular formula is C13H19N3O2. The fourth-order valence-corrected chi connectivity index (χ4v) is 1.61. The van der Waals surface area contributed by atoms with Crippen LogP contribution in [0.3, 0.4) is 0 Å². The summed E-state index contributed by atoms with van der Waals surface area (Å²) in [7, 11) is 0. The van der Waals surface area contributed by atoms with Crippen molar-refractivity contribution in [3.63, 3.8) is 0 Å². The predicted octanol–water partition coefficient (Wildman–Crippen LogP) is 0.638. The van der Waals surface area contributed by atoms with Gasteiger partial charge in [-0.2, -0.15) is 0 Å². The minimum Gasteiger partial charge on any atom is -0.369 e. The first-order valence-electron chi connectivity index (χ1n) is 5.95. The van der Waals surface area contributed by atoms with E-state index >= 15 is 0 Å². The second kappa shape index (κ2) is 6.76. The highest BCUT2D eigenvalue weighted by Crippen LogP contribution is 2.12. The van der Waals surface area contributed by atoms with E-state index in [0.29, 0.717) is 18.7 Å². The lowest BCUT2D eigenvalue weighted by molar-refractivity contribution is -0.119. The predicted molar refractivity (Wildman–Crippen MR) is 70.8 cm³/mol. The quantitative estimate of drug-likeness (QED) is 0.690. The van der Waals surface area contributed by atoms with Crippen molar-refractivity contribution in [2.45, 2.75) is 19.8 Å². The van der Waals surface area contributed by atoms with Crippen LogP contribution in [0.15, 0.2) is 24.3 Å². The molecule has 0 aliphatic heterocycles. The highest BCUT2D eigenvalue weighted by atomic mass is 16.2. The summed E-state index contributed by atoms with van der Waals surface area (Å²) in [6.45, 7) is 2.26. The summed E-state index contributed by atoms with van der Waals surface area (Å²) in [4.78, 5) is 22.5. The molecule has 1 rings (SSSR count). The van der Waals surface area contributed by atoms with Gasteiger partial charge in [0.2, 0.25) is 11.8 Å². The van der Waals surface area contributed by atoms with E-state index in [1.807, 2.05) is 6.92 Å². The molecule has 1 aromatic rings. The molecule has 0 aliphatic carbocycles. The van der Waals surface area contributed by atoms with Crippen LogP contribution >= 0.6 is 0 Å². The van der Waals surface area contributed by atoms with Crippen molar-refractivity contribution in [2.24, 2.45) is 17.4 Å². The lowest BCUT2D eigenvalue weighted by Crippen LogP contribution is -2.28. The summed E-state index contributed by atoms with van der Waals surface area (Å²) in [5, 5.41) is 2.79. The number of hydrogen-bond acceptors (Lipinski definition) is 3. The zero-order valence-electron chi connectivity index (χ0n) is 10.5. The molecule has 18 heavy (non-hydrogen) atoms. The van der Waals surface area contributed by atoms with Crippen LogP contribution in [0.5, 0.6) is 0 Å². The second-order valence-electron chi connectivity index (χ2n) is 4.17. The number of nitrogens with two attached hydrogens (primary N) is 2. The third-order valence-corrected chi connectivity index (χ3v) is 2.75. The van der Waals surface area contributed by atoms with Crippen molar-refractivity contribution in [3.05, 3.63) is 29.8 Å². The Hall–Kier alpha value is -1.88. The van der Waals surface area contributed by atoms with Gasteiger partial charge in [-0.3, -0.25) is 9.59 Å². The summed E-state index contributed by atoms with van der Waals surface area (Å²) >= 11 is 0. The van der Waals surface area contributed by atoms with Crippen LogP contribution < -0.4 is 16.8 Å². The maximum atomic E-state index is 11.8. The summed E-state index contributed by atoms with van der Waals surface area (Å²) in [5.41, 5.74) is 12.1. The number of benzene rings is 1. The summed E-state index contributed by atoms with van der Waals surface area (Å²) in [5.74, 6) is -0.626. The third-order valence-electron chi connectivity index (χ3n) is 2.75. The van der Waals surface area contributed by atoms with Crippen LogP contribution in [-0.4, -0.2) is 18.4 Å². The van der Waals surface area contributed by atoms with Gasteiger partial charge >= 0.3 is 0 Å². The first-order valence-corrected chi connectivity index (χ1v) is 5.95. The molecule has 0 aromatic heterocycles. The van der Waals surface area contributed by atoms with Gasteiger partial charge in [-0.1, -0.05) is 19.1 Å². The molecule has 1 aromatic carbocycles. The molecule has 2 amide bonds. The monoisotopic (exact) mass is 249 g/mol. The molecule has 0 aliphatic rings. The average molecular weight is 249 g/mol. The Morgan fingerprint density at radius 3 is 2.33 bits per heavy atom. The third kappa shape index (κ3) is 4.18. The molecule has 5 N–H and O–H groups in total. The molecule has 5 nitrogen and oxygen atoms in total. The molecule has 0 saturated heterocycles. The van der Waals surface area contributed by atoms with Gasteiger partial charge in [0.15, 0.2) is 0 Å². The smallest absolute Gasteiger partial charge is 0.228 e. The van der Waals surface area contributed by atoms with Gasteiger partial charge in [-0.25, -0.2) is 0 Å². The van der Waals surface area contributed by atoms with Gasteiger partial charge < -0.3 is 16.8 Å². The Morgan fingerprint density at radius 1 is 1.28 bits per heavy atom. The minimum atomic E-state index is -0.374. The van der Waals surface area contributed by atoms with Crippen molar-refractivity contribution in [1.29, 1.82) is 0 Å². The first kappa shape index (κ1) is 14.2. The molecule has 0 spiro atoms. The molecule has 1 unspecified atom stereocenters. The number of primary amides is 1. The number of hydrogen-bond donors (Lipinski definition) is 3. The second-order valence-corrected chi connectivity index (χ2v) is 4.17. The molecule has 0 bridgehead atoms. The van der Waals surface area contributed by atoms with E-state index in [0.717, 1.165) is 5.56 Å². The van der Waals surface area contributed by atoms with Crippen LogP contribution in [0, 0.1) is 5.92 Å². The van der Waals surface area contributed by atoms with Crippen molar-refractivity contribution < 1.29 is 9.59 Å². The Labute approximate surface area is 107 Å². The maximum Gasteiger partial charge on any atom is 0.228 e. The van der Waals surface area contributed by atoms with Crippen LogP contribution in [0.25, 0.3) is 0 Å². The summed E-state index contributed by atoms with van der Waals surface area (Å²) in [6.07, 6.45) is 0.913. The van der Waals surface area contributed by atoms with Crippen molar-refractivity contribution >= 4 is 17.5 Å². The Morgan fingerprint density at radius 2 is 1.89 bits per heavy atom. The molecule has 0 fully saturated rings. The number of carbonyl (C=O) groups excluding carboxylic acids is 2. The van der Waals surface area contributed by atoms with Gasteiger partial charge in [0, 0.05) is 12.2 Å². The van der Waals surface area contributed by atoms with E-state index in [-0.39, 0.29) is 24.2 Å². The summed E-state index contributed by atoms with van der Waals surface area (Å²) < 4.78 is 0. The average Bonchev–Trinajstić information content (AvgIpc) is 2.32. The van der Waals surface area contributed by atoms with Gasteiger partial charge in [-0.15, -0.1) is 0 Å². The van der Waals surface area contributed by atoms with Crippen molar-refractivity contribution in [2.75, 3.05) is 11.9 Å². The summed E-state index contributed by atoms with van der Waals surface area (Å²) in [6, 6.07) is 7.03. The largest absolute Gasteiger partial charge is 0.369 e. The van der Waals surface area contributed by atoms with E-state index in [1.54, 1.807) is 24.3 Å². The van der Waals surface area contributed by atoms with E-state index in [1.165, 1.54) is 0 Å². The van der Waals surface area contributed by atoms with Crippen LogP contribution in [0.1, 0.15) is 18.9 Å². The van der Waals surface area contributed by atoms with Gasteiger partial charge in [0.25, 0.3) is 0 Å². The Balaban J connectivity index is 2.63. The van der Waals surface area contributed by atoms with Gasteiger partial charge in [-0.05, 0) is 24.1 Å². The SMILES string of the molecule is CCC(CN)C(=O)Nc1ccc(CC(N)=O)cc1. The molecule has 1 atom stereocenters. The standard InChI is InChI=1S/C13H19N3O2/c1-2-10(8-14)13(18)16-11-5-3-9(4-6-11)7-12(15)17/h3-6,10H,2,7-8,14H2,1H3,(H2,15,17)(H,16,18). The van der Waals surface area contributed by atoms with E-state index in [4.69, 9.17) is 11.5 Å². The Kier molecular flexibility index (Phi) is 5.32. The molecule has 0 radical (unpaired) electrons. The lowest BCUT2D eigenvalue weighted by atomic mass is 10.1. The number of carbonyl (C=O) groups is 2. The minimum absolute atomic E-state index is 0.0809. The molecular weight excluding hydrogens is 230 g/mol. The van der Waals surface area contributed by atoms with Crippen molar-refractivity contribution in [3.8, 4) is 0 Å². The maximum absolute atomic E-state index is 11.8. The fraction of sp³-hybridized carbons (Fsp3) is 0.385. The number of nitrogens with one attached hydrogen (secondary N) is 1. The van der Waals surface area contributed by atoms with Gasteiger partial charge in [0.05, 0.1) is 12.3 Å². The van der Waals surface area contributed by atoms with Crippen LogP contribution in [0.2, 0.25) is 0 Å². The van der Waals surface area contributed by atoms with E-state index in [9.17, 15) is 9.59 Å². The number of amides is 2. The highest BCUT2D eigenvalue weighted by Gasteiger charge is 2.14. The van der Waals surface area contributed by atoms with Crippen molar-refractivity contribution in [1.82, 2.24) is 0 Å². The van der Waals surface area contributed by atoms with E-state index in [2.05, 4.69) is 5.32 Å². The molecule has 0 saturated carbocycles. The highest BCUT2D eigenvalue weighted by molar-refractivity contribution is 5.92. The number of rotatable bonds is 6.